The van der Waals surface area contributed by atoms with Crippen molar-refractivity contribution in [1.29, 1.82) is 0 Å². The standard InChI is InChI=1S/C16H30O6/c1-10(13(18)19)6-16(22,7-11(2)14(20)21)12(3)8-15(4,5)9-17/h10-12,17,22H,6-9H2,1-5H3,(H,18,19)(H,20,21). The van der Waals surface area contributed by atoms with E-state index in [9.17, 15) is 19.8 Å². The number of carboxylic acids is 2. The van der Waals surface area contributed by atoms with Gasteiger partial charge in [-0.25, -0.2) is 0 Å². The van der Waals surface area contributed by atoms with Gasteiger partial charge in [0.1, 0.15) is 0 Å². The van der Waals surface area contributed by atoms with E-state index < -0.39 is 34.8 Å². The number of aliphatic carboxylic acids is 2. The van der Waals surface area contributed by atoms with Crippen LogP contribution in [0.15, 0.2) is 0 Å². The van der Waals surface area contributed by atoms with E-state index in [0.717, 1.165) is 0 Å². The van der Waals surface area contributed by atoms with Crippen LogP contribution in [0.1, 0.15) is 53.9 Å². The van der Waals surface area contributed by atoms with Gasteiger partial charge in [-0.15, -0.1) is 0 Å². The van der Waals surface area contributed by atoms with Gasteiger partial charge in [-0.2, -0.15) is 0 Å². The molecule has 0 saturated carbocycles. The molecule has 0 aliphatic rings. The SMILES string of the molecule is CC(CC(O)(CC(C)C(=O)O)C(C)CC(C)(C)CO)C(=O)O. The highest BCUT2D eigenvalue weighted by atomic mass is 16.4. The van der Waals surface area contributed by atoms with Gasteiger partial charge in [0.15, 0.2) is 0 Å². The van der Waals surface area contributed by atoms with Crippen molar-refractivity contribution < 1.29 is 30.0 Å². The lowest BCUT2D eigenvalue weighted by atomic mass is 9.70. The molecule has 0 saturated heterocycles. The van der Waals surface area contributed by atoms with E-state index in [1.807, 2.05) is 13.8 Å². The molecule has 22 heavy (non-hydrogen) atoms. The molecule has 0 aliphatic heterocycles. The summed E-state index contributed by atoms with van der Waals surface area (Å²) in [5, 5.41) is 38.5. The maximum atomic E-state index is 11.1. The summed E-state index contributed by atoms with van der Waals surface area (Å²) >= 11 is 0. The first-order valence-electron chi connectivity index (χ1n) is 7.63. The van der Waals surface area contributed by atoms with Crippen molar-refractivity contribution in [3.05, 3.63) is 0 Å². The molecule has 0 aromatic carbocycles. The zero-order valence-electron chi connectivity index (χ0n) is 14.2. The summed E-state index contributed by atoms with van der Waals surface area (Å²) in [5.41, 5.74) is -1.83. The van der Waals surface area contributed by atoms with Crippen molar-refractivity contribution in [1.82, 2.24) is 0 Å². The summed E-state index contributed by atoms with van der Waals surface area (Å²) in [6.45, 7) is 8.43. The monoisotopic (exact) mass is 318 g/mol. The van der Waals surface area contributed by atoms with Crippen LogP contribution in [0, 0.1) is 23.2 Å². The average Bonchev–Trinajstić information content (AvgIpc) is 2.37. The van der Waals surface area contributed by atoms with Crippen LogP contribution < -0.4 is 0 Å². The Kier molecular flexibility index (Phi) is 7.51. The highest BCUT2D eigenvalue weighted by molar-refractivity contribution is 5.70. The maximum absolute atomic E-state index is 11.1. The van der Waals surface area contributed by atoms with E-state index in [1.54, 1.807) is 6.92 Å². The summed E-state index contributed by atoms with van der Waals surface area (Å²) in [6.07, 6.45) is 0.448. The fourth-order valence-corrected chi connectivity index (χ4v) is 2.80. The van der Waals surface area contributed by atoms with Gasteiger partial charge in [0, 0.05) is 6.61 Å². The number of rotatable bonds is 10. The molecule has 0 aromatic rings. The Labute approximate surface area is 132 Å². The van der Waals surface area contributed by atoms with Crippen LogP contribution in [-0.2, 0) is 9.59 Å². The smallest absolute Gasteiger partial charge is 0.306 e. The highest BCUT2D eigenvalue weighted by Gasteiger charge is 2.41. The summed E-state index contributed by atoms with van der Waals surface area (Å²) in [5.74, 6) is -3.92. The zero-order chi connectivity index (χ0) is 17.7. The fraction of sp³-hybridized carbons (Fsp3) is 0.875. The van der Waals surface area contributed by atoms with Crippen LogP contribution in [0.3, 0.4) is 0 Å². The molecule has 0 rings (SSSR count). The lowest BCUT2D eigenvalue weighted by Crippen LogP contribution is -2.44. The summed E-state index contributed by atoms with van der Waals surface area (Å²) in [6, 6.07) is 0. The summed E-state index contributed by atoms with van der Waals surface area (Å²) in [4.78, 5) is 22.2. The lowest BCUT2D eigenvalue weighted by Gasteiger charge is -2.40. The molecule has 3 unspecified atom stereocenters. The van der Waals surface area contributed by atoms with E-state index in [0.29, 0.717) is 6.42 Å². The predicted octanol–water partition coefficient (Wildman–Crippen LogP) is 1.98. The van der Waals surface area contributed by atoms with Gasteiger partial charge >= 0.3 is 11.9 Å². The number of aliphatic hydroxyl groups is 2. The second-order valence-electron chi connectivity index (χ2n) is 7.42. The molecular weight excluding hydrogens is 288 g/mol. The quantitative estimate of drug-likeness (QED) is 0.489. The lowest BCUT2D eigenvalue weighted by molar-refractivity contribution is -0.149. The zero-order valence-corrected chi connectivity index (χ0v) is 14.2. The minimum absolute atomic E-state index is 0.0113. The van der Waals surface area contributed by atoms with Gasteiger partial charge < -0.3 is 20.4 Å². The molecule has 130 valence electrons. The molecule has 3 atom stereocenters. The minimum Gasteiger partial charge on any atom is -0.481 e. The van der Waals surface area contributed by atoms with Crippen LogP contribution >= 0.6 is 0 Å². The Morgan fingerprint density at radius 1 is 0.909 bits per heavy atom. The van der Waals surface area contributed by atoms with Crippen molar-refractivity contribution >= 4 is 11.9 Å². The van der Waals surface area contributed by atoms with Crippen molar-refractivity contribution in [3.8, 4) is 0 Å². The van der Waals surface area contributed by atoms with Gasteiger partial charge in [0.05, 0.1) is 17.4 Å². The molecule has 0 amide bonds. The van der Waals surface area contributed by atoms with Crippen LogP contribution in [0.2, 0.25) is 0 Å². The summed E-state index contributed by atoms with van der Waals surface area (Å²) < 4.78 is 0. The first-order chi connectivity index (χ1) is 9.84. The highest BCUT2D eigenvalue weighted by Crippen LogP contribution is 2.38. The Hall–Kier alpha value is -1.14. The van der Waals surface area contributed by atoms with E-state index >= 15 is 0 Å². The molecular formula is C16H30O6. The normalized spacial score (nSPS) is 19.0. The third-order valence-electron chi connectivity index (χ3n) is 4.37. The number of hydrogen-bond acceptors (Lipinski definition) is 4. The van der Waals surface area contributed by atoms with E-state index in [1.165, 1.54) is 13.8 Å². The Morgan fingerprint density at radius 3 is 1.55 bits per heavy atom. The van der Waals surface area contributed by atoms with E-state index in [-0.39, 0.29) is 25.4 Å². The van der Waals surface area contributed by atoms with Crippen molar-refractivity contribution in [2.45, 2.75) is 59.5 Å². The van der Waals surface area contributed by atoms with Crippen molar-refractivity contribution in [3.63, 3.8) is 0 Å². The van der Waals surface area contributed by atoms with E-state index in [2.05, 4.69) is 0 Å². The number of carboxylic acid groups (broad SMARTS) is 2. The molecule has 4 N–H and O–H groups in total. The molecule has 0 radical (unpaired) electrons. The van der Waals surface area contributed by atoms with Crippen LogP contribution in [0.5, 0.6) is 0 Å². The molecule has 6 nitrogen and oxygen atoms in total. The fourth-order valence-electron chi connectivity index (χ4n) is 2.80. The number of aliphatic hydroxyl groups excluding tert-OH is 1. The van der Waals surface area contributed by atoms with Crippen molar-refractivity contribution in [2.75, 3.05) is 6.61 Å². The Balaban J connectivity index is 5.29. The van der Waals surface area contributed by atoms with Crippen LogP contribution in [0.25, 0.3) is 0 Å². The van der Waals surface area contributed by atoms with Gasteiger partial charge in [-0.3, -0.25) is 9.59 Å². The average molecular weight is 318 g/mol. The van der Waals surface area contributed by atoms with Gasteiger partial charge in [-0.1, -0.05) is 34.6 Å². The molecule has 0 aromatic heterocycles. The van der Waals surface area contributed by atoms with Crippen molar-refractivity contribution in [2.24, 2.45) is 23.2 Å². The Bertz CT molecular complexity index is 368. The number of carbonyl (C=O) groups is 2. The first kappa shape index (κ1) is 20.9. The van der Waals surface area contributed by atoms with Gasteiger partial charge in [0.25, 0.3) is 0 Å². The molecule has 0 heterocycles. The van der Waals surface area contributed by atoms with Gasteiger partial charge in [-0.05, 0) is 30.6 Å². The van der Waals surface area contributed by atoms with Crippen LogP contribution in [-0.4, -0.2) is 44.6 Å². The third kappa shape index (κ3) is 6.32. The summed E-state index contributed by atoms with van der Waals surface area (Å²) in [7, 11) is 0. The molecule has 6 heteroatoms. The Morgan fingerprint density at radius 2 is 1.27 bits per heavy atom. The number of hydrogen-bond donors (Lipinski definition) is 4. The third-order valence-corrected chi connectivity index (χ3v) is 4.37. The minimum atomic E-state index is -1.40. The largest absolute Gasteiger partial charge is 0.481 e. The second-order valence-corrected chi connectivity index (χ2v) is 7.42. The van der Waals surface area contributed by atoms with Gasteiger partial charge in [0.2, 0.25) is 0 Å². The molecule has 0 aliphatic carbocycles. The van der Waals surface area contributed by atoms with Crippen LogP contribution in [0.4, 0.5) is 0 Å². The maximum Gasteiger partial charge on any atom is 0.306 e. The second kappa shape index (κ2) is 7.92. The van der Waals surface area contributed by atoms with E-state index in [4.69, 9.17) is 10.2 Å². The molecule has 0 bridgehead atoms. The first-order valence-corrected chi connectivity index (χ1v) is 7.63. The topological polar surface area (TPSA) is 115 Å². The molecule has 0 spiro atoms. The molecule has 0 fully saturated rings. The predicted molar refractivity (Wildman–Crippen MR) is 82.4 cm³/mol.